The second-order valence-electron chi connectivity index (χ2n) is 5.81. The first-order chi connectivity index (χ1) is 12.5. The van der Waals surface area contributed by atoms with Gasteiger partial charge in [-0.1, -0.05) is 18.2 Å². The Bertz CT molecular complexity index is 978. The number of fused-ring (bicyclic) bond motifs is 1. The molecule has 0 radical (unpaired) electrons. The Balaban J connectivity index is 2.08. The minimum Gasteiger partial charge on any atom is -0.468 e. The summed E-state index contributed by atoms with van der Waals surface area (Å²) in [5.74, 6) is -0.854. The fourth-order valence-corrected chi connectivity index (χ4v) is 2.75. The van der Waals surface area contributed by atoms with E-state index in [9.17, 15) is 9.59 Å². The van der Waals surface area contributed by atoms with Gasteiger partial charge < -0.3 is 10.1 Å². The number of ether oxygens (including phenoxy) is 1. The Morgan fingerprint density at radius 3 is 2.73 bits per heavy atom. The quantitative estimate of drug-likeness (QED) is 0.712. The van der Waals surface area contributed by atoms with Crippen LogP contribution in [-0.2, 0) is 16.1 Å². The third-order valence-electron chi connectivity index (χ3n) is 4.13. The average Bonchev–Trinajstić information content (AvgIpc) is 3.05. The Labute approximate surface area is 151 Å². The molecule has 0 spiro atoms. The number of methoxy groups -OCH3 is 1. The van der Waals surface area contributed by atoms with Gasteiger partial charge >= 0.3 is 5.97 Å². The maximum atomic E-state index is 12.6. The van der Waals surface area contributed by atoms with E-state index in [2.05, 4.69) is 20.1 Å². The van der Waals surface area contributed by atoms with Gasteiger partial charge in [0, 0.05) is 23.7 Å². The molecule has 1 N–H and O–H groups in total. The average molecular weight is 352 g/mol. The Morgan fingerprint density at radius 1 is 1.27 bits per heavy atom. The largest absolute Gasteiger partial charge is 0.468 e. The van der Waals surface area contributed by atoms with E-state index < -0.39 is 5.97 Å². The summed E-state index contributed by atoms with van der Waals surface area (Å²) in [6.45, 7) is 4.49. The molecule has 0 unspecified atom stereocenters. The predicted octanol–water partition coefficient (Wildman–Crippen LogP) is 2.33. The molecule has 7 nitrogen and oxygen atoms in total. The molecule has 0 atom stereocenters. The fourth-order valence-electron chi connectivity index (χ4n) is 2.75. The van der Waals surface area contributed by atoms with Crippen LogP contribution in [0.2, 0.25) is 0 Å². The molecule has 2 heterocycles. The molecule has 0 saturated carbocycles. The second kappa shape index (κ2) is 7.35. The van der Waals surface area contributed by atoms with Crippen molar-refractivity contribution in [1.82, 2.24) is 20.1 Å². The van der Waals surface area contributed by atoms with E-state index in [4.69, 9.17) is 0 Å². The maximum absolute atomic E-state index is 12.6. The normalized spacial score (nSPS) is 10.7. The van der Waals surface area contributed by atoms with Gasteiger partial charge in [0.15, 0.2) is 0 Å². The molecule has 7 heteroatoms. The number of carbonyl (C=O) groups excluding carboxylic acids is 2. The van der Waals surface area contributed by atoms with E-state index in [0.717, 1.165) is 23.2 Å². The molecule has 0 bridgehead atoms. The number of hydrogen-bond acceptors (Lipinski definition) is 5. The highest BCUT2D eigenvalue weighted by atomic mass is 16.5. The summed E-state index contributed by atoms with van der Waals surface area (Å²) in [5.41, 5.74) is 3.55. The van der Waals surface area contributed by atoms with Crippen LogP contribution in [0, 0.1) is 6.92 Å². The molecule has 3 aromatic rings. The minimum atomic E-state index is -0.503. The van der Waals surface area contributed by atoms with Crippen molar-refractivity contribution >= 4 is 22.8 Å². The van der Waals surface area contributed by atoms with Gasteiger partial charge in [0.1, 0.15) is 6.54 Å². The summed E-state index contributed by atoms with van der Waals surface area (Å²) in [6.07, 6.45) is 1.92. The van der Waals surface area contributed by atoms with Gasteiger partial charge in [-0.05, 0) is 26.0 Å². The topological polar surface area (TPSA) is 86.1 Å². The number of esters is 1. The third-order valence-corrected chi connectivity index (χ3v) is 4.13. The highest BCUT2D eigenvalue weighted by molar-refractivity contribution is 6.07. The third kappa shape index (κ3) is 3.42. The zero-order valence-electron chi connectivity index (χ0n) is 14.9. The molecular formula is C19H20N4O3. The lowest BCUT2D eigenvalue weighted by Gasteiger charge is -2.10. The van der Waals surface area contributed by atoms with Crippen molar-refractivity contribution in [3.05, 3.63) is 47.8 Å². The Morgan fingerprint density at radius 2 is 2.04 bits per heavy atom. The maximum Gasteiger partial charge on any atom is 0.325 e. The summed E-state index contributed by atoms with van der Waals surface area (Å²) < 4.78 is 6.40. The predicted molar refractivity (Wildman–Crippen MR) is 97.7 cm³/mol. The van der Waals surface area contributed by atoms with Crippen LogP contribution < -0.4 is 5.32 Å². The molecular weight excluding hydrogens is 332 g/mol. The number of pyridine rings is 1. The van der Waals surface area contributed by atoms with Crippen LogP contribution in [0.1, 0.15) is 23.0 Å². The SMILES string of the molecule is CCn1cc(-c2cc(C(=O)NCC(=O)OC)c3ccccc3n2)c(C)n1. The molecule has 0 fully saturated rings. The van der Waals surface area contributed by atoms with Crippen LogP contribution in [0.3, 0.4) is 0 Å². The lowest BCUT2D eigenvalue weighted by molar-refractivity contribution is -0.139. The van der Waals surface area contributed by atoms with Crippen molar-refractivity contribution in [3.63, 3.8) is 0 Å². The van der Waals surface area contributed by atoms with Gasteiger partial charge in [-0.2, -0.15) is 5.10 Å². The van der Waals surface area contributed by atoms with Crippen molar-refractivity contribution in [2.24, 2.45) is 0 Å². The molecule has 0 saturated heterocycles. The Hall–Kier alpha value is -3.22. The van der Waals surface area contributed by atoms with E-state index >= 15 is 0 Å². The first-order valence-corrected chi connectivity index (χ1v) is 8.32. The summed E-state index contributed by atoms with van der Waals surface area (Å²) in [5, 5.41) is 7.76. The molecule has 26 heavy (non-hydrogen) atoms. The van der Waals surface area contributed by atoms with Crippen LogP contribution in [-0.4, -0.2) is 40.3 Å². The van der Waals surface area contributed by atoms with Crippen LogP contribution >= 0.6 is 0 Å². The van der Waals surface area contributed by atoms with E-state index in [1.807, 2.05) is 49.0 Å². The van der Waals surface area contributed by atoms with Gasteiger partial charge in [0.05, 0.1) is 29.6 Å². The molecule has 134 valence electrons. The highest BCUT2D eigenvalue weighted by Gasteiger charge is 2.17. The summed E-state index contributed by atoms with van der Waals surface area (Å²) in [4.78, 5) is 28.6. The summed E-state index contributed by atoms with van der Waals surface area (Å²) in [6, 6.07) is 9.15. The van der Waals surface area contributed by atoms with E-state index in [1.165, 1.54) is 7.11 Å². The van der Waals surface area contributed by atoms with E-state index in [-0.39, 0.29) is 12.5 Å². The van der Waals surface area contributed by atoms with Gasteiger partial charge in [-0.3, -0.25) is 14.3 Å². The van der Waals surface area contributed by atoms with Crippen molar-refractivity contribution in [1.29, 1.82) is 0 Å². The number of hydrogen-bond donors (Lipinski definition) is 1. The molecule has 3 rings (SSSR count). The summed E-state index contributed by atoms with van der Waals surface area (Å²) >= 11 is 0. The van der Waals surface area contributed by atoms with Crippen LogP contribution in [0.4, 0.5) is 0 Å². The smallest absolute Gasteiger partial charge is 0.325 e. The summed E-state index contributed by atoms with van der Waals surface area (Å²) in [7, 11) is 1.28. The van der Waals surface area contributed by atoms with Crippen LogP contribution in [0.25, 0.3) is 22.2 Å². The van der Waals surface area contributed by atoms with Crippen molar-refractivity contribution in [2.45, 2.75) is 20.4 Å². The first-order valence-electron chi connectivity index (χ1n) is 8.32. The lowest BCUT2D eigenvalue weighted by atomic mass is 10.0. The van der Waals surface area contributed by atoms with Gasteiger partial charge in [0.25, 0.3) is 5.91 Å². The lowest BCUT2D eigenvalue weighted by Crippen LogP contribution is -2.30. The number of aryl methyl sites for hydroxylation is 2. The number of nitrogens with zero attached hydrogens (tertiary/aromatic N) is 3. The zero-order chi connectivity index (χ0) is 18.7. The fraction of sp³-hybridized carbons (Fsp3) is 0.263. The number of amides is 1. The molecule has 0 aliphatic rings. The van der Waals surface area contributed by atoms with Gasteiger partial charge in [-0.25, -0.2) is 4.98 Å². The Kier molecular flexibility index (Phi) is 4.97. The molecule has 1 amide bonds. The molecule has 0 aliphatic carbocycles. The van der Waals surface area contributed by atoms with E-state index in [1.54, 1.807) is 6.07 Å². The van der Waals surface area contributed by atoms with Crippen LogP contribution in [0.5, 0.6) is 0 Å². The van der Waals surface area contributed by atoms with Gasteiger partial charge in [-0.15, -0.1) is 0 Å². The molecule has 0 aliphatic heterocycles. The number of nitrogens with one attached hydrogen (secondary N) is 1. The second-order valence-corrected chi connectivity index (χ2v) is 5.81. The standard InChI is InChI=1S/C19H20N4O3/c1-4-23-11-15(12(2)22-23)17-9-14(19(25)20-10-18(24)26-3)13-7-5-6-8-16(13)21-17/h5-9,11H,4,10H2,1-3H3,(H,20,25). The van der Waals surface area contributed by atoms with E-state index in [0.29, 0.717) is 16.8 Å². The minimum absolute atomic E-state index is 0.186. The zero-order valence-corrected chi connectivity index (χ0v) is 14.9. The highest BCUT2D eigenvalue weighted by Crippen LogP contribution is 2.26. The van der Waals surface area contributed by atoms with Crippen molar-refractivity contribution in [3.8, 4) is 11.3 Å². The van der Waals surface area contributed by atoms with Gasteiger partial charge in [0.2, 0.25) is 0 Å². The monoisotopic (exact) mass is 352 g/mol. The number of aromatic nitrogens is 3. The molecule has 1 aromatic carbocycles. The number of carbonyl (C=O) groups is 2. The number of benzene rings is 1. The molecule has 2 aromatic heterocycles. The van der Waals surface area contributed by atoms with Crippen molar-refractivity contribution < 1.29 is 14.3 Å². The van der Waals surface area contributed by atoms with Crippen LogP contribution in [0.15, 0.2) is 36.5 Å². The first kappa shape index (κ1) is 17.6. The van der Waals surface area contributed by atoms with Crippen molar-refractivity contribution in [2.75, 3.05) is 13.7 Å². The number of rotatable bonds is 5. The number of para-hydroxylation sites is 1.